The van der Waals surface area contributed by atoms with E-state index < -0.39 is 0 Å². The predicted molar refractivity (Wildman–Crippen MR) is 325 cm³/mol. The van der Waals surface area contributed by atoms with Gasteiger partial charge in [0, 0.05) is 27.0 Å². The molecule has 0 fully saturated rings. The highest BCUT2D eigenvalue weighted by Crippen LogP contribution is 2.59. The van der Waals surface area contributed by atoms with Crippen LogP contribution in [0.4, 0.5) is 0 Å². The number of rotatable bonds is 3. The third-order valence-corrected chi connectivity index (χ3v) is 17.7. The Hall–Kier alpha value is -7.74. The van der Waals surface area contributed by atoms with Crippen LogP contribution in [0, 0.1) is 33.6 Å². The highest BCUT2D eigenvalue weighted by Gasteiger charge is 2.43. The van der Waals surface area contributed by atoms with Crippen LogP contribution in [0.25, 0.3) is 88.7 Å². The summed E-state index contributed by atoms with van der Waals surface area (Å²) in [6.07, 6.45) is 7.95. The largest absolute Gasteiger partial charge is 0.456 e. The third-order valence-electron chi connectivity index (χ3n) is 17.7. The van der Waals surface area contributed by atoms with Crippen molar-refractivity contribution < 1.29 is 4.42 Å². The van der Waals surface area contributed by atoms with E-state index in [-0.39, 0.29) is 16.2 Å². The van der Waals surface area contributed by atoms with Gasteiger partial charge in [0.25, 0.3) is 0 Å². The van der Waals surface area contributed by atoms with Gasteiger partial charge in [0.1, 0.15) is 11.2 Å². The number of hydrogen-bond acceptors (Lipinski definition) is 1. The molecule has 0 amide bonds. The van der Waals surface area contributed by atoms with E-state index in [9.17, 15) is 0 Å². The minimum absolute atomic E-state index is 0.00896. The first-order chi connectivity index (χ1) is 36.4. The second kappa shape index (κ2) is 18.2. The molecule has 9 aromatic carbocycles. The molecule has 76 heavy (non-hydrogen) atoms. The summed E-state index contributed by atoms with van der Waals surface area (Å²) < 4.78 is 6.26. The van der Waals surface area contributed by atoms with E-state index in [1.54, 1.807) is 0 Å². The molecule has 1 nitrogen and oxygen atoms in total. The van der Waals surface area contributed by atoms with Gasteiger partial charge in [0.15, 0.2) is 0 Å². The van der Waals surface area contributed by atoms with Crippen molar-refractivity contribution in [1.29, 1.82) is 0 Å². The van der Waals surface area contributed by atoms with E-state index in [0.717, 1.165) is 17.1 Å². The molecule has 0 N–H and O–H groups in total. The third kappa shape index (κ3) is 7.80. The molecule has 1 atom stereocenters. The van der Waals surface area contributed by atoms with Gasteiger partial charge in [-0.25, -0.2) is 0 Å². The van der Waals surface area contributed by atoms with Gasteiger partial charge in [0.05, 0.1) is 0 Å². The Bertz CT molecular complexity index is 4050. The fourth-order valence-corrected chi connectivity index (χ4v) is 13.4. The first kappa shape index (κ1) is 49.2. The zero-order valence-electron chi connectivity index (χ0n) is 46.6. The van der Waals surface area contributed by atoms with Gasteiger partial charge in [-0.15, -0.1) is 0 Å². The lowest BCUT2D eigenvalue weighted by Gasteiger charge is -2.25. The molecule has 0 saturated heterocycles. The number of aryl methyl sites for hydroxylation is 3. The molecular formula is C75H70O. The Morgan fingerprint density at radius 3 is 1.67 bits per heavy atom. The average molecular weight is 987 g/mol. The van der Waals surface area contributed by atoms with Crippen LogP contribution in [0.2, 0.25) is 0 Å². The molecule has 1 aromatic heterocycles. The molecule has 4 aliphatic carbocycles. The monoisotopic (exact) mass is 987 g/mol. The SMILES string of the molecule is CC1=CCC(C)C=C1.Cc1ccc2c(c1)C(C)(C)c1cc(-c3ccccc3-c3ccccc3)c(C)c(-c3ccccc3C)c1-2.Cc1ccc2c(c1)C(C)(C)c1cc3c(cc1-2)C(C)(C)c1ccc2oc4ccccc4c2c1-3. The summed E-state index contributed by atoms with van der Waals surface area (Å²) in [6, 6.07) is 62.8. The van der Waals surface area contributed by atoms with Crippen molar-refractivity contribution in [3.8, 4) is 66.8 Å². The van der Waals surface area contributed by atoms with Gasteiger partial charge >= 0.3 is 0 Å². The van der Waals surface area contributed by atoms with Gasteiger partial charge in [-0.3, -0.25) is 0 Å². The first-order valence-electron chi connectivity index (χ1n) is 27.6. The second-order valence-electron chi connectivity index (χ2n) is 24.0. The topological polar surface area (TPSA) is 13.1 Å². The maximum atomic E-state index is 6.26. The number of hydrogen-bond donors (Lipinski definition) is 0. The van der Waals surface area contributed by atoms with Crippen molar-refractivity contribution in [3.63, 3.8) is 0 Å². The second-order valence-corrected chi connectivity index (χ2v) is 24.0. The summed E-state index contributed by atoms with van der Waals surface area (Å²) in [6.45, 7) is 27.6. The maximum absolute atomic E-state index is 6.26. The Balaban J connectivity index is 0.000000134. The summed E-state index contributed by atoms with van der Waals surface area (Å²) in [5.41, 5.74) is 33.2. The lowest BCUT2D eigenvalue weighted by Crippen LogP contribution is -2.17. The molecule has 0 aliphatic heterocycles. The van der Waals surface area contributed by atoms with Gasteiger partial charge < -0.3 is 4.42 Å². The molecule has 1 heterocycles. The summed E-state index contributed by atoms with van der Waals surface area (Å²) in [7, 11) is 0. The van der Waals surface area contributed by atoms with Crippen molar-refractivity contribution in [2.24, 2.45) is 5.92 Å². The van der Waals surface area contributed by atoms with Gasteiger partial charge in [0.2, 0.25) is 0 Å². The molecule has 0 radical (unpaired) electrons. The van der Waals surface area contributed by atoms with Crippen LogP contribution >= 0.6 is 0 Å². The Morgan fingerprint density at radius 2 is 0.974 bits per heavy atom. The Kier molecular flexibility index (Phi) is 11.8. The molecule has 0 saturated carbocycles. The van der Waals surface area contributed by atoms with Crippen molar-refractivity contribution in [1.82, 2.24) is 0 Å². The molecule has 0 bridgehead atoms. The van der Waals surface area contributed by atoms with Crippen molar-refractivity contribution in [2.45, 2.75) is 106 Å². The van der Waals surface area contributed by atoms with Crippen LogP contribution in [-0.4, -0.2) is 0 Å². The minimum Gasteiger partial charge on any atom is -0.456 e. The number of allylic oxidation sites excluding steroid dienone is 4. The lowest BCUT2D eigenvalue weighted by atomic mass is 9.78. The highest BCUT2D eigenvalue weighted by atomic mass is 16.3. The fraction of sp³-hybridized carbons (Fsp3) is 0.227. The van der Waals surface area contributed by atoms with E-state index >= 15 is 0 Å². The number of furan rings is 1. The standard InChI is InChI=1S/C36H32.C31H26O.C8H12/c1-23-19-20-30-32(21-23)36(4,5)33-22-31(25(3)34(35(30)33)27-16-10-9-13-24(27)2)29-18-12-11-17-28(29)26-14-7-6-8-15-26;1-17-10-11-18-20-15-25-21(16-24(20)31(4,5)23(18)14-17)28-22(30(25,2)3)12-13-27-29(28)19-8-6-7-9-26(19)32-27;1-7-3-5-8(2)6-4-7/h6-22H,1-5H3;6-16H,1-5H3;3-5,8H,6H2,1-2H3. The number of para-hydroxylation sites is 1. The number of benzene rings is 9. The predicted octanol–water partition coefficient (Wildman–Crippen LogP) is 21.0. The number of fused-ring (bicyclic) bond motifs is 13. The van der Waals surface area contributed by atoms with Crippen LogP contribution in [0.3, 0.4) is 0 Å². The Morgan fingerprint density at radius 1 is 0.408 bits per heavy atom. The highest BCUT2D eigenvalue weighted by molar-refractivity contribution is 6.15. The average Bonchev–Trinajstić information content (AvgIpc) is 4.08. The molecule has 4 aliphatic rings. The molecular weight excluding hydrogens is 917 g/mol. The van der Waals surface area contributed by atoms with Gasteiger partial charge in [-0.2, -0.15) is 0 Å². The van der Waals surface area contributed by atoms with Crippen molar-refractivity contribution in [2.75, 3.05) is 0 Å². The van der Waals surface area contributed by atoms with Crippen LogP contribution in [0.15, 0.2) is 198 Å². The summed E-state index contributed by atoms with van der Waals surface area (Å²) in [4.78, 5) is 0. The van der Waals surface area contributed by atoms with Crippen LogP contribution in [0.1, 0.15) is 117 Å². The quantitative estimate of drug-likeness (QED) is 0.172. The van der Waals surface area contributed by atoms with Crippen LogP contribution in [0.5, 0.6) is 0 Å². The lowest BCUT2D eigenvalue weighted by molar-refractivity contribution is 0.650. The normalized spacial score (nSPS) is 16.3. The first-order valence-corrected chi connectivity index (χ1v) is 27.6. The van der Waals surface area contributed by atoms with E-state index in [4.69, 9.17) is 4.42 Å². The summed E-state index contributed by atoms with van der Waals surface area (Å²) in [5.74, 6) is 0.763. The molecule has 1 unspecified atom stereocenters. The van der Waals surface area contributed by atoms with E-state index in [1.165, 1.54) is 145 Å². The Labute approximate surface area is 451 Å². The summed E-state index contributed by atoms with van der Waals surface area (Å²) in [5, 5.41) is 2.47. The fourth-order valence-electron chi connectivity index (χ4n) is 13.4. The van der Waals surface area contributed by atoms with Crippen LogP contribution < -0.4 is 0 Å². The zero-order chi connectivity index (χ0) is 53.0. The van der Waals surface area contributed by atoms with Gasteiger partial charge in [-0.05, 0) is 189 Å². The van der Waals surface area contributed by atoms with Crippen molar-refractivity contribution in [3.05, 3.63) is 249 Å². The maximum Gasteiger partial charge on any atom is 0.136 e. The molecule has 1 heteroatoms. The van der Waals surface area contributed by atoms with Crippen molar-refractivity contribution >= 4 is 21.9 Å². The molecule has 0 spiro atoms. The van der Waals surface area contributed by atoms with Crippen LogP contribution in [-0.2, 0) is 16.2 Å². The van der Waals surface area contributed by atoms with E-state index in [0.29, 0.717) is 0 Å². The molecule has 10 aromatic rings. The smallest absolute Gasteiger partial charge is 0.136 e. The molecule has 14 rings (SSSR count). The van der Waals surface area contributed by atoms with E-state index in [2.05, 4.69) is 271 Å². The summed E-state index contributed by atoms with van der Waals surface area (Å²) >= 11 is 0. The molecule has 376 valence electrons. The minimum atomic E-state index is -0.0712. The van der Waals surface area contributed by atoms with E-state index in [1.807, 2.05) is 0 Å². The zero-order valence-corrected chi connectivity index (χ0v) is 46.6. The van der Waals surface area contributed by atoms with Gasteiger partial charge in [-0.1, -0.05) is 223 Å².